The van der Waals surface area contributed by atoms with Crippen LogP contribution in [-0.4, -0.2) is 49.4 Å². The van der Waals surface area contributed by atoms with Crippen molar-refractivity contribution in [3.05, 3.63) is 46.7 Å². The second-order valence-electron chi connectivity index (χ2n) is 9.53. The molecule has 4 aromatic rings. The first-order chi connectivity index (χ1) is 17.8. The van der Waals surface area contributed by atoms with E-state index in [-0.39, 0.29) is 24.0 Å². The number of hydrogen-bond acceptors (Lipinski definition) is 7. The van der Waals surface area contributed by atoms with Gasteiger partial charge in [-0.25, -0.2) is 9.18 Å². The molecule has 10 nitrogen and oxygen atoms in total. The fourth-order valence-electron chi connectivity index (χ4n) is 4.50. The van der Waals surface area contributed by atoms with E-state index in [1.54, 1.807) is 35.7 Å². The smallest absolute Gasteiger partial charge is 0.328 e. The number of methoxy groups -OCH3 is 1. The van der Waals surface area contributed by atoms with Gasteiger partial charge in [-0.15, -0.1) is 10.2 Å². The lowest BCUT2D eigenvalue weighted by Crippen LogP contribution is -2.23. The molecular formula is C26H35FN6O4. The van der Waals surface area contributed by atoms with E-state index in [0.29, 0.717) is 41.9 Å². The van der Waals surface area contributed by atoms with Crippen LogP contribution in [0.2, 0.25) is 0 Å². The monoisotopic (exact) mass is 514 g/mol. The van der Waals surface area contributed by atoms with Crippen molar-refractivity contribution in [1.82, 2.24) is 29.1 Å². The van der Waals surface area contributed by atoms with E-state index in [1.807, 2.05) is 13.2 Å². The summed E-state index contributed by atoms with van der Waals surface area (Å²) >= 11 is 0. The Balaban J connectivity index is 1.40. The van der Waals surface area contributed by atoms with Gasteiger partial charge in [-0.1, -0.05) is 13.8 Å². The summed E-state index contributed by atoms with van der Waals surface area (Å²) in [6, 6.07) is 2.96. The number of halogens is 1. The van der Waals surface area contributed by atoms with Gasteiger partial charge in [-0.05, 0) is 31.6 Å². The summed E-state index contributed by atoms with van der Waals surface area (Å²) in [6.07, 6.45) is 7.10. The van der Waals surface area contributed by atoms with Gasteiger partial charge in [0.15, 0.2) is 11.6 Å². The number of benzene rings is 1. The van der Waals surface area contributed by atoms with Crippen LogP contribution in [0.4, 0.5) is 4.39 Å². The summed E-state index contributed by atoms with van der Waals surface area (Å²) < 4.78 is 35.8. The minimum absolute atomic E-state index is 0.118. The molecule has 0 N–H and O–H groups in total. The standard InChI is InChI=1S/C26H35FN6O4/c1-6-18(24-29-30-25(37-24)19-15-28-31(3)16-19)8-7-17(2)9-10-33-22-14-23(36-12-11-35-5)20(27)13-21(22)32(4)26(33)34/h13-18H,6-12H2,1-5H3. The van der Waals surface area contributed by atoms with E-state index in [2.05, 4.69) is 29.1 Å². The average molecular weight is 515 g/mol. The molecule has 37 heavy (non-hydrogen) atoms. The van der Waals surface area contributed by atoms with Gasteiger partial charge in [0, 0.05) is 52.0 Å². The van der Waals surface area contributed by atoms with Gasteiger partial charge < -0.3 is 13.9 Å². The zero-order chi connectivity index (χ0) is 26.5. The van der Waals surface area contributed by atoms with Gasteiger partial charge in [0.1, 0.15) is 6.61 Å². The average Bonchev–Trinajstić information content (AvgIpc) is 3.59. The van der Waals surface area contributed by atoms with Crippen LogP contribution in [0.3, 0.4) is 0 Å². The van der Waals surface area contributed by atoms with Crippen molar-refractivity contribution >= 4 is 11.0 Å². The number of ether oxygens (including phenoxy) is 2. The molecule has 0 aliphatic rings. The lowest BCUT2D eigenvalue weighted by atomic mass is 9.93. The zero-order valence-corrected chi connectivity index (χ0v) is 22.1. The second-order valence-corrected chi connectivity index (χ2v) is 9.53. The molecule has 2 atom stereocenters. The van der Waals surface area contributed by atoms with Gasteiger partial charge in [0.05, 0.1) is 29.4 Å². The summed E-state index contributed by atoms with van der Waals surface area (Å²) in [5.74, 6) is 1.26. The van der Waals surface area contributed by atoms with E-state index in [1.165, 1.54) is 10.6 Å². The molecule has 0 amide bonds. The third-order valence-corrected chi connectivity index (χ3v) is 6.83. The largest absolute Gasteiger partial charge is 0.488 e. The summed E-state index contributed by atoms with van der Waals surface area (Å²) in [6.45, 7) is 5.41. The van der Waals surface area contributed by atoms with E-state index < -0.39 is 5.82 Å². The molecule has 0 aliphatic carbocycles. The molecule has 2 unspecified atom stereocenters. The summed E-state index contributed by atoms with van der Waals surface area (Å²) in [4.78, 5) is 12.9. The molecule has 1 aromatic carbocycles. The molecule has 0 saturated heterocycles. The zero-order valence-electron chi connectivity index (χ0n) is 22.1. The lowest BCUT2D eigenvalue weighted by molar-refractivity contribution is 0.144. The van der Waals surface area contributed by atoms with Gasteiger partial charge in [0.2, 0.25) is 5.89 Å². The van der Waals surface area contributed by atoms with Gasteiger partial charge in [-0.3, -0.25) is 13.8 Å². The molecule has 3 heterocycles. The summed E-state index contributed by atoms with van der Waals surface area (Å²) in [5.41, 5.74) is 1.84. The topological polar surface area (TPSA) is 102 Å². The van der Waals surface area contributed by atoms with Crippen LogP contribution in [0, 0.1) is 11.7 Å². The molecule has 3 aromatic heterocycles. The van der Waals surface area contributed by atoms with Crippen LogP contribution in [0.5, 0.6) is 5.75 Å². The number of rotatable bonds is 13. The van der Waals surface area contributed by atoms with Crippen molar-refractivity contribution < 1.29 is 18.3 Å². The lowest BCUT2D eigenvalue weighted by Gasteiger charge is -2.15. The number of aryl methyl sites for hydroxylation is 3. The first kappa shape index (κ1) is 26.6. The van der Waals surface area contributed by atoms with Crippen LogP contribution in [0.15, 0.2) is 33.7 Å². The first-order valence-electron chi connectivity index (χ1n) is 12.6. The second kappa shape index (κ2) is 11.7. The van der Waals surface area contributed by atoms with Crippen LogP contribution in [0.1, 0.15) is 51.3 Å². The Morgan fingerprint density at radius 3 is 2.62 bits per heavy atom. The van der Waals surface area contributed by atoms with Gasteiger partial charge >= 0.3 is 5.69 Å². The summed E-state index contributed by atoms with van der Waals surface area (Å²) in [7, 11) is 5.06. The van der Waals surface area contributed by atoms with Crippen molar-refractivity contribution in [2.24, 2.45) is 20.0 Å². The van der Waals surface area contributed by atoms with Gasteiger partial charge in [0.25, 0.3) is 5.89 Å². The quantitative estimate of drug-likeness (QED) is 0.245. The Morgan fingerprint density at radius 2 is 1.92 bits per heavy atom. The number of hydrogen-bond donors (Lipinski definition) is 0. The Morgan fingerprint density at radius 1 is 1.11 bits per heavy atom. The Labute approximate surface area is 215 Å². The van der Waals surface area contributed by atoms with Crippen LogP contribution >= 0.6 is 0 Å². The molecule has 4 rings (SSSR count). The SMILES string of the molecule is CCC(CCC(C)CCn1c(=O)n(C)c2cc(F)c(OCCOC)cc21)c1nnc(-c2cnn(C)c2)o1. The number of fused-ring (bicyclic) bond motifs is 1. The predicted octanol–water partition coefficient (Wildman–Crippen LogP) is 4.29. The Bertz CT molecular complexity index is 1390. The highest BCUT2D eigenvalue weighted by atomic mass is 19.1. The maximum absolute atomic E-state index is 14.5. The normalized spacial score (nSPS) is 13.4. The molecule has 0 saturated carbocycles. The van der Waals surface area contributed by atoms with Gasteiger partial charge in [-0.2, -0.15) is 5.10 Å². The maximum Gasteiger partial charge on any atom is 0.328 e. The van der Waals surface area contributed by atoms with Crippen molar-refractivity contribution in [1.29, 1.82) is 0 Å². The molecule has 11 heteroatoms. The van der Waals surface area contributed by atoms with Crippen LogP contribution in [-0.2, 0) is 25.4 Å². The molecule has 0 spiro atoms. The number of nitrogens with zero attached hydrogens (tertiary/aromatic N) is 6. The van der Waals surface area contributed by atoms with Crippen molar-refractivity contribution in [2.45, 2.75) is 52.0 Å². The van der Waals surface area contributed by atoms with Crippen molar-refractivity contribution in [3.63, 3.8) is 0 Å². The van der Waals surface area contributed by atoms with E-state index >= 15 is 0 Å². The highest BCUT2D eigenvalue weighted by molar-refractivity contribution is 5.78. The molecule has 0 radical (unpaired) electrons. The summed E-state index contributed by atoms with van der Waals surface area (Å²) in [5, 5.41) is 12.6. The van der Waals surface area contributed by atoms with E-state index in [0.717, 1.165) is 31.2 Å². The molecule has 200 valence electrons. The minimum atomic E-state index is -0.497. The molecule has 0 aliphatic heterocycles. The third-order valence-electron chi connectivity index (χ3n) is 6.83. The van der Waals surface area contributed by atoms with Crippen molar-refractivity contribution in [2.75, 3.05) is 20.3 Å². The van der Waals surface area contributed by atoms with E-state index in [4.69, 9.17) is 13.9 Å². The Kier molecular flexibility index (Phi) is 8.42. The van der Waals surface area contributed by atoms with Crippen molar-refractivity contribution in [3.8, 4) is 17.2 Å². The fourth-order valence-corrected chi connectivity index (χ4v) is 4.50. The Hall–Kier alpha value is -3.47. The highest BCUT2D eigenvalue weighted by Gasteiger charge is 2.20. The minimum Gasteiger partial charge on any atom is -0.488 e. The number of imidazole rings is 1. The first-order valence-corrected chi connectivity index (χ1v) is 12.6. The fraction of sp³-hybridized carbons (Fsp3) is 0.538. The van der Waals surface area contributed by atoms with Crippen LogP contribution < -0.4 is 10.4 Å². The van der Waals surface area contributed by atoms with E-state index in [9.17, 15) is 9.18 Å². The third kappa shape index (κ3) is 5.93. The number of aromatic nitrogens is 6. The maximum atomic E-state index is 14.5. The molecular weight excluding hydrogens is 479 g/mol. The molecule has 0 bridgehead atoms. The van der Waals surface area contributed by atoms with Crippen LogP contribution in [0.25, 0.3) is 22.5 Å². The molecule has 0 fully saturated rings. The highest BCUT2D eigenvalue weighted by Crippen LogP contribution is 2.29. The predicted molar refractivity (Wildman–Crippen MR) is 137 cm³/mol.